The van der Waals surface area contributed by atoms with Crippen molar-refractivity contribution in [1.29, 1.82) is 0 Å². The number of ether oxygens (including phenoxy) is 2. The van der Waals surface area contributed by atoms with Gasteiger partial charge in [-0.3, -0.25) is 4.79 Å². The molecule has 0 aliphatic rings. The van der Waals surface area contributed by atoms with Crippen molar-refractivity contribution in [3.63, 3.8) is 0 Å². The molecular formula is C17H18N2O6S. The van der Waals surface area contributed by atoms with Gasteiger partial charge in [-0.05, 0) is 49.5 Å². The molecule has 0 spiro atoms. The van der Waals surface area contributed by atoms with Crippen molar-refractivity contribution in [1.82, 2.24) is 4.72 Å². The fourth-order valence-corrected chi connectivity index (χ4v) is 3.07. The SMILES string of the molecule is CNS(=O)(=O)c1cc(C(=O)Nc2ccc(C(=O)OC)cc2)ccc1OC. The van der Waals surface area contributed by atoms with Crippen LogP contribution in [-0.2, 0) is 14.8 Å². The highest BCUT2D eigenvalue weighted by Gasteiger charge is 2.20. The summed E-state index contributed by atoms with van der Waals surface area (Å²) in [5, 5.41) is 2.63. The van der Waals surface area contributed by atoms with Crippen LogP contribution in [0.1, 0.15) is 20.7 Å². The van der Waals surface area contributed by atoms with Gasteiger partial charge >= 0.3 is 5.97 Å². The molecule has 0 fully saturated rings. The predicted octanol–water partition coefficient (Wildman–Crippen LogP) is 1.64. The first-order valence-corrected chi connectivity index (χ1v) is 8.92. The highest BCUT2D eigenvalue weighted by molar-refractivity contribution is 7.89. The minimum absolute atomic E-state index is 0.123. The summed E-state index contributed by atoms with van der Waals surface area (Å²) in [5.74, 6) is -0.871. The molecule has 0 radical (unpaired) electrons. The molecule has 2 aromatic rings. The highest BCUT2D eigenvalue weighted by Crippen LogP contribution is 2.25. The lowest BCUT2D eigenvalue weighted by Crippen LogP contribution is -2.20. The maximum atomic E-state index is 12.4. The molecule has 0 unspecified atom stereocenters. The molecule has 2 aromatic carbocycles. The lowest BCUT2D eigenvalue weighted by atomic mass is 10.1. The van der Waals surface area contributed by atoms with Crippen molar-refractivity contribution >= 4 is 27.6 Å². The average Bonchev–Trinajstić information content (AvgIpc) is 2.67. The second-order valence-electron chi connectivity index (χ2n) is 5.10. The number of methoxy groups -OCH3 is 2. The summed E-state index contributed by atoms with van der Waals surface area (Å²) in [6.45, 7) is 0. The molecule has 0 saturated heterocycles. The van der Waals surface area contributed by atoms with E-state index < -0.39 is 21.9 Å². The Labute approximate surface area is 151 Å². The van der Waals surface area contributed by atoms with Crippen molar-refractivity contribution in [2.24, 2.45) is 0 Å². The molecular weight excluding hydrogens is 360 g/mol. The Hall–Kier alpha value is -2.91. The number of anilines is 1. The first-order chi connectivity index (χ1) is 12.3. The van der Waals surface area contributed by atoms with Gasteiger partial charge in [0, 0.05) is 11.3 Å². The monoisotopic (exact) mass is 378 g/mol. The minimum Gasteiger partial charge on any atom is -0.495 e. The van der Waals surface area contributed by atoms with E-state index in [2.05, 4.69) is 14.8 Å². The number of esters is 1. The second-order valence-corrected chi connectivity index (χ2v) is 6.95. The number of rotatable bonds is 6. The van der Waals surface area contributed by atoms with Gasteiger partial charge in [0.05, 0.1) is 19.8 Å². The van der Waals surface area contributed by atoms with Gasteiger partial charge in [-0.2, -0.15) is 0 Å². The Bertz CT molecular complexity index is 923. The molecule has 0 bridgehead atoms. The topological polar surface area (TPSA) is 111 Å². The largest absolute Gasteiger partial charge is 0.495 e. The van der Waals surface area contributed by atoms with Crippen LogP contribution in [0.25, 0.3) is 0 Å². The molecule has 26 heavy (non-hydrogen) atoms. The number of carbonyl (C=O) groups excluding carboxylic acids is 2. The predicted molar refractivity (Wildman–Crippen MR) is 95.0 cm³/mol. The summed E-state index contributed by atoms with van der Waals surface area (Å²) in [7, 11) is 0.0901. The summed E-state index contributed by atoms with van der Waals surface area (Å²) < 4.78 is 36.0. The van der Waals surface area contributed by atoms with Gasteiger partial charge in [-0.1, -0.05) is 0 Å². The molecule has 0 aliphatic heterocycles. The van der Waals surface area contributed by atoms with Crippen molar-refractivity contribution in [2.45, 2.75) is 4.90 Å². The van der Waals surface area contributed by atoms with E-state index in [1.165, 1.54) is 51.6 Å². The smallest absolute Gasteiger partial charge is 0.337 e. The van der Waals surface area contributed by atoms with Crippen LogP contribution in [0.2, 0.25) is 0 Å². The summed E-state index contributed by atoms with van der Waals surface area (Å²) in [4.78, 5) is 23.7. The highest BCUT2D eigenvalue weighted by atomic mass is 32.2. The number of hydrogen-bond acceptors (Lipinski definition) is 6. The molecule has 8 nitrogen and oxygen atoms in total. The van der Waals surface area contributed by atoms with Gasteiger partial charge in [0.1, 0.15) is 10.6 Å². The van der Waals surface area contributed by atoms with E-state index in [0.717, 1.165) is 0 Å². The second kappa shape index (κ2) is 7.98. The quantitative estimate of drug-likeness (QED) is 0.740. The molecule has 2 N–H and O–H groups in total. The maximum absolute atomic E-state index is 12.4. The number of carbonyl (C=O) groups is 2. The molecule has 0 heterocycles. The Morgan fingerprint density at radius 1 is 0.962 bits per heavy atom. The third-order valence-electron chi connectivity index (χ3n) is 3.55. The first-order valence-electron chi connectivity index (χ1n) is 7.43. The number of hydrogen-bond donors (Lipinski definition) is 2. The van der Waals surface area contributed by atoms with Gasteiger partial charge in [-0.15, -0.1) is 0 Å². The fourth-order valence-electron chi connectivity index (χ4n) is 2.15. The molecule has 9 heteroatoms. The third-order valence-corrected chi connectivity index (χ3v) is 4.98. The standard InChI is InChI=1S/C17H18N2O6S/c1-18-26(22,23)15-10-12(6-9-14(15)24-2)16(20)19-13-7-4-11(5-8-13)17(21)25-3/h4-10,18H,1-3H3,(H,19,20). The number of nitrogens with one attached hydrogen (secondary N) is 2. The maximum Gasteiger partial charge on any atom is 0.337 e. The Balaban J connectivity index is 2.27. The zero-order chi connectivity index (χ0) is 19.3. The van der Waals surface area contributed by atoms with Crippen LogP contribution in [0.4, 0.5) is 5.69 Å². The van der Waals surface area contributed by atoms with Crippen LogP contribution in [0.3, 0.4) is 0 Å². The molecule has 0 saturated carbocycles. The first kappa shape index (κ1) is 19.4. The molecule has 1 amide bonds. The Morgan fingerprint density at radius 3 is 2.12 bits per heavy atom. The van der Waals surface area contributed by atoms with Crippen LogP contribution in [0.15, 0.2) is 47.4 Å². The van der Waals surface area contributed by atoms with Crippen molar-refractivity contribution in [2.75, 3.05) is 26.6 Å². The van der Waals surface area contributed by atoms with Gasteiger partial charge in [0.25, 0.3) is 5.91 Å². The summed E-state index contributed by atoms with van der Waals surface area (Å²) in [6, 6.07) is 10.2. The zero-order valence-corrected chi connectivity index (χ0v) is 15.2. The molecule has 0 aromatic heterocycles. The Kier molecular flexibility index (Phi) is 5.96. The minimum atomic E-state index is -3.79. The average molecular weight is 378 g/mol. The zero-order valence-electron chi connectivity index (χ0n) is 14.4. The van der Waals surface area contributed by atoms with Crippen LogP contribution in [0, 0.1) is 0 Å². The fraction of sp³-hybridized carbons (Fsp3) is 0.176. The van der Waals surface area contributed by atoms with Crippen molar-refractivity contribution in [3.8, 4) is 5.75 Å². The van der Waals surface area contributed by atoms with E-state index in [4.69, 9.17) is 4.74 Å². The van der Waals surface area contributed by atoms with Crippen molar-refractivity contribution in [3.05, 3.63) is 53.6 Å². The lowest BCUT2D eigenvalue weighted by Gasteiger charge is -2.11. The van der Waals surface area contributed by atoms with Crippen molar-refractivity contribution < 1.29 is 27.5 Å². The number of benzene rings is 2. The third kappa shape index (κ3) is 4.19. The van der Waals surface area contributed by atoms with E-state index >= 15 is 0 Å². The van der Waals surface area contributed by atoms with E-state index in [1.807, 2.05) is 0 Å². The summed E-state index contributed by atoms with van der Waals surface area (Å²) in [6.07, 6.45) is 0. The van der Waals surface area contributed by atoms with Gasteiger partial charge in [-0.25, -0.2) is 17.9 Å². The van der Waals surface area contributed by atoms with E-state index in [-0.39, 0.29) is 16.2 Å². The number of sulfonamides is 1. The van der Waals surface area contributed by atoms with Gasteiger partial charge in [0.15, 0.2) is 0 Å². The van der Waals surface area contributed by atoms with E-state index in [1.54, 1.807) is 12.1 Å². The summed E-state index contributed by atoms with van der Waals surface area (Å²) in [5.41, 5.74) is 0.922. The normalized spacial score (nSPS) is 10.9. The van der Waals surface area contributed by atoms with Crippen LogP contribution in [-0.4, -0.2) is 41.6 Å². The number of amides is 1. The molecule has 0 atom stereocenters. The lowest BCUT2D eigenvalue weighted by molar-refractivity contribution is 0.0600. The van der Waals surface area contributed by atoms with Gasteiger partial charge < -0.3 is 14.8 Å². The van der Waals surface area contributed by atoms with E-state index in [9.17, 15) is 18.0 Å². The molecule has 138 valence electrons. The summed E-state index contributed by atoms with van der Waals surface area (Å²) >= 11 is 0. The Morgan fingerprint density at radius 2 is 1.58 bits per heavy atom. The van der Waals surface area contributed by atoms with Crippen LogP contribution >= 0.6 is 0 Å². The van der Waals surface area contributed by atoms with E-state index in [0.29, 0.717) is 11.3 Å². The molecule has 0 aliphatic carbocycles. The van der Waals surface area contributed by atoms with Gasteiger partial charge in [0.2, 0.25) is 10.0 Å². The van der Waals surface area contributed by atoms with Crippen LogP contribution in [0.5, 0.6) is 5.75 Å². The van der Waals surface area contributed by atoms with Crippen LogP contribution < -0.4 is 14.8 Å². The molecule has 2 rings (SSSR count).